The molecule has 0 fully saturated rings. The van der Waals surface area contributed by atoms with Gasteiger partial charge in [0, 0.05) is 12.0 Å². The zero-order chi connectivity index (χ0) is 12.9. The van der Waals surface area contributed by atoms with E-state index in [1.165, 1.54) is 5.56 Å². The zero-order valence-corrected chi connectivity index (χ0v) is 11.5. The minimum absolute atomic E-state index is 0.181. The molecule has 0 aliphatic carbocycles. The highest BCUT2D eigenvalue weighted by Crippen LogP contribution is 2.21. The van der Waals surface area contributed by atoms with E-state index in [2.05, 4.69) is 44.7 Å². The molecule has 2 nitrogen and oxygen atoms in total. The number of benzene rings is 1. The van der Waals surface area contributed by atoms with Crippen LogP contribution in [0.1, 0.15) is 33.3 Å². The number of nitrogens with zero attached hydrogens (tertiary/aromatic N) is 1. The van der Waals surface area contributed by atoms with Gasteiger partial charge in [0.1, 0.15) is 0 Å². The third-order valence-corrected chi connectivity index (χ3v) is 3.67. The summed E-state index contributed by atoms with van der Waals surface area (Å²) in [6, 6.07) is 10.2. The van der Waals surface area contributed by atoms with Gasteiger partial charge in [0.15, 0.2) is 0 Å². The molecule has 0 saturated heterocycles. The minimum Gasteiger partial charge on any atom is -0.391 e. The van der Waals surface area contributed by atoms with Crippen molar-refractivity contribution in [2.24, 2.45) is 0 Å². The summed E-state index contributed by atoms with van der Waals surface area (Å²) in [6.07, 6.45) is 0.370. The van der Waals surface area contributed by atoms with Crippen LogP contribution in [0, 0.1) is 0 Å². The number of hydrogen-bond donors (Lipinski definition) is 1. The Hall–Kier alpha value is -0.860. The van der Waals surface area contributed by atoms with Crippen LogP contribution in [-0.4, -0.2) is 34.7 Å². The summed E-state index contributed by atoms with van der Waals surface area (Å²) >= 11 is 0. The van der Waals surface area contributed by atoms with E-state index < -0.39 is 0 Å². The lowest BCUT2D eigenvalue weighted by molar-refractivity contribution is -0.00415. The Morgan fingerprint density at radius 3 is 2.12 bits per heavy atom. The van der Waals surface area contributed by atoms with E-state index in [4.69, 9.17) is 0 Å². The molecule has 96 valence electrons. The standard InChI is InChI=1S/C15H25NO/c1-5-16(6-2)15(3,4)14(17)12-13-10-8-7-9-11-13/h7-11,14,17H,5-6,12H2,1-4H3. The van der Waals surface area contributed by atoms with Crippen LogP contribution in [-0.2, 0) is 6.42 Å². The predicted octanol–water partition coefficient (Wildman–Crippen LogP) is 2.71. The highest BCUT2D eigenvalue weighted by atomic mass is 16.3. The Labute approximate surface area is 105 Å². The van der Waals surface area contributed by atoms with Gasteiger partial charge in [-0.3, -0.25) is 4.90 Å². The number of aliphatic hydroxyl groups excluding tert-OH is 1. The molecule has 1 N–H and O–H groups in total. The summed E-state index contributed by atoms with van der Waals surface area (Å²) in [5, 5.41) is 10.4. The van der Waals surface area contributed by atoms with Crippen molar-refractivity contribution >= 4 is 0 Å². The molecule has 2 heteroatoms. The van der Waals surface area contributed by atoms with Gasteiger partial charge in [-0.2, -0.15) is 0 Å². The maximum absolute atomic E-state index is 10.4. The molecule has 0 radical (unpaired) electrons. The van der Waals surface area contributed by atoms with Gasteiger partial charge in [-0.05, 0) is 32.5 Å². The molecule has 0 saturated carbocycles. The van der Waals surface area contributed by atoms with E-state index in [-0.39, 0.29) is 11.6 Å². The van der Waals surface area contributed by atoms with Crippen LogP contribution in [0.5, 0.6) is 0 Å². The van der Waals surface area contributed by atoms with Gasteiger partial charge >= 0.3 is 0 Å². The maximum Gasteiger partial charge on any atom is 0.0758 e. The lowest BCUT2D eigenvalue weighted by atomic mass is 9.90. The van der Waals surface area contributed by atoms with E-state index in [1.807, 2.05) is 18.2 Å². The Morgan fingerprint density at radius 1 is 1.12 bits per heavy atom. The number of likely N-dealkylation sites (N-methyl/N-ethyl adjacent to an activating group) is 1. The molecule has 0 spiro atoms. The first kappa shape index (κ1) is 14.2. The smallest absolute Gasteiger partial charge is 0.0758 e. The van der Waals surface area contributed by atoms with E-state index >= 15 is 0 Å². The first-order valence-corrected chi connectivity index (χ1v) is 6.49. The van der Waals surface area contributed by atoms with Gasteiger partial charge in [0.25, 0.3) is 0 Å². The Balaban J connectivity index is 2.71. The van der Waals surface area contributed by atoms with Crippen LogP contribution >= 0.6 is 0 Å². The summed E-state index contributed by atoms with van der Waals surface area (Å²) in [7, 11) is 0. The zero-order valence-electron chi connectivity index (χ0n) is 11.5. The van der Waals surface area contributed by atoms with Gasteiger partial charge in [0.2, 0.25) is 0 Å². The summed E-state index contributed by atoms with van der Waals surface area (Å²) in [6.45, 7) is 10.5. The molecular formula is C15H25NO. The molecule has 0 aliphatic rings. The van der Waals surface area contributed by atoms with Crippen molar-refractivity contribution < 1.29 is 5.11 Å². The van der Waals surface area contributed by atoms with Crippen molar-refractivity contribution in [2.75, 3.05) is 13.1 Å². The average Bonchev–Trinajstić information content (AvgIpc) is 2.31. The molecule has 1 aromatic carbocycles. The molecule has 1 atom stereocenters. The number of hydrogen-bond acceptors (Lipinski definition) is 2. The molecule has 1 aromatic rings. The second-order valence-corrected chi connectivity index (χ2v) is 5.03. The molecule has 1 rings (SSSR count). The van der Waals surface area contributed by atoms with Crippen molar-refractivity contribution in [1.82, 2.24) is 4.90 Å². The van der Waals surface area contributed by atoms with Crippen LogP contribution in [0.25, 0.3) is 0 Å². The first-order valence-electron chi connectivity index (χ1n) is 6.49. The third kappa shape index (κ3) is 3.55. The highest BCUT2D eigenvalue weighted by Gasteiger charge is 2.32. The molecule has 0 bridgehead atoms. The highest BCUT2D eigenvalue weighted by molar-refractivity contribution is 5.16. The predicted molar refractivity (Wildman–Crippen MR) is 73.2 cm³/mol. The second kappa shape index (κ2) is 6.18. The van der Waals surface area contributed by atoms with Crippen molar-refractivity contribution in [1.29, 1.82) is 0 Å². The molecule has 0 heterocycles. The van der Waals surface area contributed by atoms with Crippen molar-refractivity contribution in [3.05, 3.63) is 35.9 Å². The molecular weight excluding hydrogens is 210 g/mol. The second-order valence-electron chi connectivity index (χ2n) is 5.03. The topological polar surface area (TPSA) is 23.5 Å². The fraction of sp³-hybridized carbons (Fsp3) is 0.600. The SMILES string of the molecule is CCN(CC)C(C)(C)C(O)Cc1ccccc1. The summed E-state index contributed by atoms with van der Waals surface area (Å²) in [5.74, 6) is 0. The molecule has 0 aliphatic heterocycles. The lowest BCUT2D eigenvalue weighted by Crippen LogP contribution is -2.53. The summed E-state index contributed by atoms with van der Waals surface area (Å²) in [5.41, 5.74) is 1.01. The fourth-order valence-corrected chi connectivity index (χ4v) is 2.34. The lowest BCUT2D eigenvalue weighted by Gasteiger charge is -2.41. The molecule has 17 heavy (non-hydrogen) atoms. The van der Waals surface area contributed by atoms with Crippen molar-refractivity contribution in [3.63, 3.8) is 0 Å². The molecule has 0 aromatic heterocycles. The maximum atomic E-state index is 10.4. The average molecular weight is 235 g/mol. The molecule has 0 amide bonds. The monoisotopic (exact) mass is 235 g/mol. The summed E-state index contributed by atoms with van der Waals surface area (Å²) < 4.78 is 0. The first-order chi connectivity index (χ1) is 8.02. The van der Waals surface area contributed by atoms with Gasteiger partial charge in [-0.1, -0.05) is 44.2 Å². The van der Waals surface area contributed by atoms with Gasteiger partial charge < -0.3 is 5.11 Å². The Kier molecular flexibility index (Phi) is 5.16. The van der Waals surface area contributed by atoms with E-state index in [1.54, 1.807) is 0 Å². The van der Waals surface area contributed by atoms with Crippen LogP contribution in [0.2, 0.25) is 0 Å². The van der Waals surface area contributed by atoms with Crippen LogP contribution < -0.4 is 0 Å². The van der Waals surface area contributed by atoms with E-state index in [0.29, 0.717) is 6.42 Å². The van der Waals surface area contributed by atoms with Crippen molar-refractivity contribution in [3.8, 4) is 0 Å². The van der Waals surface area contributed by atoms with Crippen LogP contribution in [0.3, 0.4) is 0 Å². The van der Waals surface area contributed by atoms with Crippen molar-refractivity contribution in [2.45, 2.75) is 45.8 Å². The normalized spacial score (nSPS) is 14.0. The van der Waals surface area contributed by atoms with Gasteiger partial charge in [-0.15, -0.1) is 0 Å². The molecule has 1 unspecified atom stereocenters. The quantitative estimate of drug-likeness (QED) is 0.819. The minimum atomic E-state index is -0.343. The summed E-state index contributed by atoms with van der Waals surface area (Å²) in [4.78, 5) is 2.31. The van der Waals surface area contributed by atoms with Gasteiger partial charge in [-0.25, -0.2) is 0 Å². The Bertz CT molecular complexity index is 317. The third-order valence-electron chi connectivity index (χ3n) is 3.67. The van der Waals surface area contributed by atoms with E-state index in [0.717, 1.165) is 13.1 Å². The van der Waals surface area contributed by atoms with Gasteiger partial charge in [0.05, 0.1) is 6.10 Å². The van der Waals surface area contributed by atoms with Crippen LogP contribution in [0.4, 0.5) is 0 Å². The fourth-order valence-electron chi connectivity index (χ4n) is 2.34. The number of aliphatic hydroxyl groups is 1. The van der Waals surface area contributed by atoms with Crippen LogP contribution in [0.15, 0.2) is 30.3 Å². The van der Waals surface area contributed by atoms with E-state index in [9.17, 15) is 5.11 Å². The Morgan fingerprint density at radius 2 is 1.65 bits per heavy atom. The largest absolute Gasteiger partial charge is 0.391 e. The number of rotatable bonds is 6.